The van der Waals surface area contributed by atoms with E-state index in [1.807, 2.05) is 36.4 Å². The molecule has 0 aliphatic carbocycles. The van der Waals surface area contributed by atoms with Crippen molar-refractivity contribution in [3.8, 4) is 11.8 Å². The molecule has 3 aromatic carbocycles. The molecule has 3 heteroatoms. The standard InChI is InChI=1S/C18H11NO2/c19-12-13-5-9-17(10-6-13)21-18(20)16-8-7-14-3-1-2-4-15(14)11-16/h1-11H. The van der Waals surface area contributed by atoms with Crippen molar-refractivity contribution in [1.82, 2.24) is 0 Å². The Morgan fingerprint density at radius 2 is 1.62 bits per heavy atom. The molecule has 0 unspecified atom stereocenters. The van der Waals surface area contributed by atoms with E-state index in [2.05, 4.69) is 0 Å². The van der Waals surface area contributed by atoms with Crippen molar-refractivity contribution >= 4 is 16.7 Å². The first-order valence-electron chi connectivity index (χ1n) is 6.47. The lowest BCUT2D eigenvalue weighted by Gasteiger charge is -2.05. The fraction of sp³-hybridized carbons (Fsp3) is 0. The Morgan fingerprint density at radius 1 is 0.905 bits per heavy atom. The molecular formula is C18H11NO2. The molecule has 0 aliphatic rings. The quantitative estimate of drug-likeness (QED) is 0.525. The number of hydrogen-bond donors (Lipinski definition) is 0. The van der Waals surface area contributed by atoms with E-state index in [-0.39, 0.29) is 0 Å². The normalized spacial score (nSPS) is 10.0. The van der Waals surface area contributed by atoms with Crippen LogP contribution in [0.4, 0.5) is 0 Å². The zero-order chi connectivity index (χ0) is 14.7. The Labute approximate surface area is 122 Å². The maximum atomic E-state index is 12.1. The smallest absolute Gasteiger partial charge is 0.343 e. The maximum absolute atomic E-state index is 12.1. The van der Waals surface area contributed by atoms with Crippen LogP contribution in [-0.2, 0) is 0 Å². The zero-order valence-corrected chi connectivity index (χ0v) is 11.1. The number of esters is 1. The van der Waals surface area contributed by atoms with Crippen LogP contribution in [0.2, 0.25) is 0 Å². The Morgan fingerprint density at radius 3 is 2.33 bits per heavy atom. The SMILES string of the molecule is N#Cc1ccc(OC(=O)c2ccc3ccccc3c2)cc1. The second-order valence-corrected chi connectivity index (χ2v) is 4.59. The molecule has 0 saturated heterocycles. The molecule has 21 heavy (non-hydrogen) atoms. The van der Waals surface area contributed by atoms with Gasteiger partial charge in [-0.2, -0.15) is 5.26 Å². The Bertz CT molecular complexity index is 845. The average molecular weight is 273 g/mol. The van der Waals surface area contributed by atoms with Crippen LogP contribution in [-0.4, -0.2) is 5.97 Å². The lowest BCUT2D eigenvalue weighted by Crippen LogP contribution is -2.08. The first-order valence-corrected chi connectivity index (χ1v) is 6.47. The van der Waals surface area contributed by atoms with Crippen molar-refractivity contribution in [2.75, 3.05) is 0 Å². The highest BCUT2D eigenvalue weighted by atomic mass is 16.5. The molecule has 0 atom stereocenters. The average Bonchev–Trinajstić information content (AvgIpc) is 2.55. The largest absolute Gasteiger partial charge is 0.423 e. The van der Waals surface area contributed by atoms with E-state index in [4.69, 9.17) is 10.00 Å². The van der Waals surface area contributed by atoms with E-state index in [9.17, 15) is 4.79 Å². The third-order valence-electron chi connectivity index (χ3n) is 3.18. The molecular weight excluding hydrogens is 262 g/mol. The molecule has 0 bridgehead atoms. The fourth-order valence-electron chi connectivity index (χ4n) is 2.08. The third kappa shape index (κ3) is 2.75. The minimum absolute atomic E-state index is 0.412. The molecule has 3 nitrogen and oxygen atoms in total. The molecule has 0 fully saturated rings. The van der Waals surface area contributed by atoms with Crippen LogP contribution in [0.3, 0.4) is 0 Å². The van der Waals surface area contributed by atoms with E-state index in [0.717, 1.165) is 10.8 Å². The van der Waals surface area contributed by atoms with Crippen LogP contribution in [0.25, 0.3) is 10.8 Å². The van der Waals surface area contributed by atoms with Gasteiger partial charge in [-0.25, -0.2) is 4.79 Å². The number of hydrogen-bond acceptors (Lipinski definition) is 3. The van der Waals surface area contributed by atoms with E-state index >= 15 is 0 Å². The van der Waals surface area contributed by atoms with Crippen LogP contribution in [0.1, 0.15) is 15.9 Å². The summed E-state index contributed by atoms with van der Waals surface area (Å²) < 4.78 is 5.30. The number of nitrogens with zero attached hydrogens (tertiary/aromatic N) is 1. The number of benzene rings is 3. The van der Waals surface area contributed by atoms with Crippen molar-refractivity contribution < 1.29 is 9.53 Å². The number of ether oxygens (including phenoxy) is 1. The van der Waals surface area contributed by atoms with Gasteiger partial charge >= 0.3 is 5.97 Å². The van der Waals surface area contributed by atoms with E-state index in [1.54, 1.807) is 36.4 Å². The second-order valence-electron chi connectivity index (χ2n) is 4.59. The third-order valence-corrected chi connectivity index (χ3v) is 3.18. The van der Waals surface area contributed by atoms with Crippen LogP contribution < -0.4 is 4.74 Å². The van der Waals surface area contributed by atoms with Gasteiger partial charge in [-0.05, 0) is 47.2 Å². The predicted molar refractivity (Wildman–Crippen MR) is 80.1 cm³/mol. The number of carbonyl (C=O) groups excluding carboxylic acids is 1. The number of fused-ring (bicyclic) bond motifs is 1. The van der Waals surface area contributed by atoms with Crippen LogP contribution >= 0.6 is 0 Å². The van der Waals surface area contributed by atoms with Gasteiger partial charge in [0.2, 0.25) is 0 Å². The van der Waals surface area contributed by atoms with Crippen LogP contribution in [0.5, 0.6) is 5.75 Å². The Kier molecular flexibility index (Phi) is 3.36. The van der Waals surface area contributed by atoms with Crippen molar-refractivity contribution in [2.45, 2.75) is 0 Å². The Balaban J connectivity index is 1.84. The maximum Gasteiger partial charge on any atom is 0.343 e. The monoisotopic (exact) mass is 273 g/mol. The summed E-state index contributed by atoms with van der Waals surface area (Å²) in [6.07, 6.45) is 0. The van der Waals surface area contributed by atoms with Gasteiger partial charge in [0.1, 0.15) is 5.75 Å². The van der Waals surface area contributed by atoms with Crippen molar-refractivity contribution in [1.29, 1.82) is 5.26 Å². The molecule has 0 saturated carbocycles. The molecule has 0 amide bonds. The van der Waals surface area contributed by atoms with Gasteiger partial charge in [-0.1, -0.05) is 30.3 Å². The zero-order valence-electron chi connectivity index (χ0n) is 11.1. The minimum Gasteiger partial charge on any atom is -0.423 e. The second kappa shape index (κ2) is 5.48. The van der Waals surface area contributed by atoms with Gasteiger partial charge in [-0.15, -0.1) is 0 Å². The number of nitriles is 1. The summed E-state index contributed by atoms with van der Waals surface area (Å²) in [5.41, 5.74) is 1.03. The molecule has 3 rings (SSSR count). The van der Waals surface area contributed by atoms with Crippen molar-refractivity contribution in [2.24, 2.45) is 0 Å². The van der Waals surface area contributed by atoms with E-state index < -0.39 is 5.97 Å². The fourth-order valence-corrected chi connectivity index (χ4v) is 2.08. The molecule has 0 N–H and O–H groups in total. The highest BCUT2D eigenvalue weighted by Crippen LogP contribution is 2.18. The highest BCUT2D eigenvalue weighted by molar-refractivity contribution is 5.96. The van der Waals surface area contributed by atoms with E-state index in [1.165, 1.54) is 0 Å². The van der Waals surface area contributed by atoms with Gasteiger partial charge in [0, 0.05) is 0 Å². The molecule has 0 heterocycles. The van der Waals surface area contributed by atoms with E-state index in [0.29, 0.717) is 16.9 Å². The molecule has 0 aromatic heterocycles. The number of rotatable bonds is 2. The summed E-state index contributed by atoms with van der Waals surface area (Å²) in [5.74, 6) is 0.0117. The first-order chi connectivity index (χ1) is 10.3. The summed E-state index contributed by atoms with van der Waals surface area (Å²) >= 11 is 0. The lowest BCUT2D eigenvalue weighted by atomic mass is 10.1. The predicted octanol–water partition coefficient (Wildman–Crippen LogP) is 3.93. The number of carbonyl (C=O) groups is 1. The summed E-state index contributed by atoms with van der Waals surface area (Å²) in [4.78, 5) is 12.1. The van der Waals surface area contributed by atoms with Gasteiger partial charge in [0.25, 0.3) is 0 Å². The summed E-state index contributed by atoms with van der Waals surface area (Å²) in [6, 6.07) is 21.7. The molecule has 100 valence electrons. The van der Waals surface area contributed by atoms with Gasteiger partial charge in [0.15, 0.2) is 0 Å². The molecule has 0 radical (unpaired) electrons. The van der Waals surface area contributed by atoms with Gasteiger partial charge in [-0.3, -0.25) is 0 Å². The molecule has 3 aromatic rings. The van der Waals surface area contributed by atoms with Crippen LogP contribution in [0, 0.1) is 11.3 Å². The topological polar surface area (TPSA) is 50.1 Å². The van der Waals surface area contributed by atoms with Crippen molar-refractivity contribution in [3.63, 3.8) is 0 Å². The summed E-state index contributed by atoms with van der Waals surface area (Å²) in [7, 11) is 0. The summed E-state index contributed by atoms with van der Waals surface area (Å²) in [6.45, 7) is 0. The summed E-state index contributed by atoms with van der Waals surface area (Å²) in [5, 5.41) is 10.8. The van der Waals surface area contributed by atoms with Crippen molar-refractivity contribution in [3.05, 3.63) is 77.9 Å². The van der Waals surface area contributed by atoms with Crippen LogP contribution in [0.15, 0.2) is 66.7 Å². The Hall–Kier alpha value is -3.12. The highest BCUT2D eigenvalue weighted by Gasteiger charge is 2.09. The lowest BCUT2D eigenvalue weighted by molar-refractivity contribution is 0.0735. The first kappa shape index (κ1) is 12.9. The van der Waals surface area contributed by atoms with Gasteiger partial charge in [0.05, 0.1) is 17.2 Å². The minimum atomic E-state index is -0.412. The van der Waals surface area contributed by atoms with Gasteiger partial charge < -0.3 is 4.74 Å². The molecule has 0 spiro atoms. The molecule has 0 aliphatic heterocycles.